The molecule has 1 N–H and O–H groups in total. The topological polar surface area (TPSA) is 58.6 Å². The summed E-state index contributed by atoms with van der Waals surface area (Å²) in [4.78, 5) is 28.1. The molecule has 1 fully saturated rings. The fourth-order valence-electron chi connectivity index (χ4n) is 4.12. The predicted octanol–water partition coefficient (Wildman–Crippen LogP) is 5.36. The number of alkyl halides is 1. The van der Waals surface area contributed by atoms with E-state index in [-0.39, 0.29) is 23.7 Å². The first-order chi connectivity index (χ1) is 14.9. The number of carbonyl (C=O) groups excluding carboxylic acids is 2. The molecule has 0 heterocycles. The molecule has 1 saturated carbocycles. The molecule has 7 heteroatoms. The molecule has 2 aromatic carbocycles. The maximum atomic E-state index is 13.6. The molecule has 2 amide bonds. The molecule has 3 rings (SSSR count). The first kappa shape index (κ1) is 23.4. The maximum absolute atomic E-state index is 13.6. The Hall–Kier alpha value is -2.24. The number of amides is 2. The molecule has 166 valence electrons. The fraction of sp³-hybridized carbons (Fsp3) is 0.417. The van der Waals surface area contributed by atoms with Crippen molar-refractivity contribution in [3.8, 4) is 5.75 Å². The summed E-state index contributed by atoms with van der Waals surface area (Å²) >= 11 is 12.0. The molecule has 0 bridgehead atoms. The average molecular weight is 463 g/mol. The zero-order valence-corrected chi connectivity index (χ0v) is 19.3. The number of halogens is 2. The SMILES string of the molecule is COc1cccc(N(C(=O)CCl)[C@H](C(=O)N[C@H]2CCCC[C@H]2C)c2ccc(Cl)cc2)c1. The Morgan fingerprint density at radius 2 is 1.87 bits per heavy atom. The van der Waals surface area contributed by atoms with Crippen LogP contribution in [0.1, 0.15) is 44.2 Å². The number of anilines is 1. The van der Waals surface area contributed by atoms with Gasteiger partial charge in [0.05, 0.1) is 7.11 Å². The number of nitrogens with one attached hydrogen (secondary N) is 1. The highest BCUT2D eigenvalue weighted by atomic mass is 35.5. The van der Waals surface area contributed by atoms with Gasteiger partial charge in [0, 0.05) is 22.8 Å². The molecule has 31 heavy (non-hydrogen) atoms. The van der Waals surface area contributed by atoms with Gasteiger partial charge in [0.2, 0.25) is 11.8 Å². The lowest BCUT2D eigenvalue weighted by Crippen LogP contribution is -2.49. The third-order valence-corrected chi connectivity index (χ3v) is 6.33. The molecule has 0 spiro atoms. The van der Waals surface area contributed by atoms with Crippen LogP contribution in [0.25, 0.3) is 0 Å². The Bertz CT molecular complexity index is 904. The van der Waals surface area contributed by atoms with E-state index in [4.69, 9.17) is 27.9 Å². The standard InChI is InChI=1S/C24H28Cl2N2O3/c1-16-6-3-4-9-21(16)27-24(30)23(17-10-12-18(26)13-11-17)28(22(29)15-25)19-7-5-8-20(14-19)31-2/h5,7-8,10-14,16,21,23H,3-4,6,9,15H2,1-2H3,(H,27,30)/t16-,21+,23+/m1/s1. The summed E-state index contributed by atoms with van der Waals surface area (Å²) in [5.41, 5.74) is 1.20. The molecule has 1 aliphatic rings. The van der Waals surface area contributed by atoms with Crippen LogP contribution in [0.4, 0.5) is 5.69 Å². The monoisotopic (exact) mass is 462 g/mol. The van der Waals surface area contributed by atoms with E-state index in [0.29, 0.717) is 27.9 Å². The van der Waals surface area contributed by atoms with Crippen LogP contribution in [0.3, 0.4) is 0 Å². The third-order valence-electron chi connectivity index (χ3n) is 5.85. The van der Waals surface area contributed by atoms with E-state index in [1.807, 2.05) is 0 Å². The number of hydrogen-bond acceptors (Lipinski definition) is 3. The maximum Gasteiger partial charge on any atom is 0.248 e. The number of nitrogens with zero attached hydrogens (tertiary/aromatic N) is 1. The van der Waals surface area contributed by atoms with Crippen LogP contribution in [0.5, 0.6) is 5.75 Å². The Morgan fingerprint density at radius 1 is 1.16 bits per heavy atom. The van der Waals surface area contributed by atoms with Gasteiger partial charge in [-0.1, -0.05) is 49.6 Å². The quantitative estimate of drug-likeness (QED) is 0.563. The second-order valence-electron chi connectivity index (χ2n) is 7.93. The summed E-state index contributed by atoms with van der Waals surface area (Å²) < 4.78 is 5.33. The molecule has 1 aliphatic carbocycles. The Morgan fingerprint density at radius 3 is 2.52 bits per heavy atom. The first-order valence-corrected chi connectivity index (χ1v) is 11.4. The van der Waals surface area contributed by atoms with Crippen molar-refractivity contribution in [1.82, 2.24) is 5.32 Å². The fourth-order valence-corrected chi connectivity index (χ4v) is 4.37. The molecule has 5 nitrogen and oxygen atoms in total. The van der Waals surface area contributed by atoms with E-state index >= 15 is 0 Å². The van der Waals surface area contributed by atoms with Gasteiger partial charge in [-0.3, -0.25) is 14.5 Å². The van der Waals surface area contributed by atoms with Gasteiger partial charge < -0.3 is 10.1 Å². The summed E-state index contributed by atoms with van der Waals surface area (Å²) in [7, 11) is 1.56. The number of methoxy groups -OCH3 is 1. The van der Waals surface area contributed by atoms with Crippen molar-refractivity contribution in [2.24, 2.45) is 5.92 Å². The Labute approximate surface area is 193 Å². The van der Waals surface area contributed by atoms with E-state index in [1.165, 1.54) is 11.3 Å². The zero-order chi connectivity index (χ0) is 22.4. The van der Waals surface area contributed by atoms with Gasteiger partial charge >= 0.3 is 0 Å². The van der Waals surface area contributed by atoms with E-state index in [2.05, 4.69) is 12.2 Å². The normalized spacial score (nSPS) is 19.4. The molecule has 0 aromatic heterocycles. The van der Waals surface area contributed by atoms with Crippen molar-refractivity contribution >= 4 is 40.7 Å². The van der Waals surface area contributed by atoms with E-state index in [1.54, 1.807) is 55.6 Å². The second kappa shape index (κ2) is 10.9. The summed E-state index contributed by atoms with van der Waals surface area (Å²) in [5.74, 6) is 0.108. The predicted molar refractivity (Wildman–Crippen MR) is 125 cm³/mol. The van der Waals surface area contributed by atoms with Crippen LogP contribution in [-0.4, -0.2) is 30.8 Å². The average Bonchev–Trinajstić information content (AvgIpc) is 2.79. The minimum atomic E-state index is -0.884. The van der Waals surface area contributed by atoms with Gasteiger partial charge in [-0.05, 0) is 48.6 Å². The van der Waals surface area contributed by atoms with Gasteiger partial charge in [0.15, 0.2) is 0 Å². The zero-order valence-electron chi connectivity index (χ0n) is 17.8. The van der Waals surface area contributed by atoms with E-state index in [9.17, 15) is 9.59 Å². The highest BCUT2D eigenvalue weighted by Crippen LogP contribution is 2.32. The molecule has 0 saturated heterocycles. The minimum Gasteiger partial charge on any atom is -0.497 e. The lowest BCUT2D eigenvalue weighted by atomic mass is 9.85. The van der Waals surface area contributed by atoms with Crippen molar-refractivity contribution < 1.29 is 14.3 Å². The van der Waals surface area contributed by atoms with Crippen LogP contribution in [-0.2, 0) is 9.59 Å². The van der Waals surface area contributed by atoms with Crippen LogP contribution >= 0.6 is 23.2 Å². The van der Waals surface area contributed by atoms with Gasteiger partial charge in [0.1, 0.15) is 17.7 Å². The molecular weight excluding hydrogens is 435 g/mol. The van der Waals surface area contributed by atoms with Gasteiger partial charge in [-0.2, -0.15) is 0 Å². The van der Waals surface area contributed by atoms with Gasteiger partial charge in [-0.15, -0.1) is 11.6 Å². The second-order valence-corrected chi connectivity index (χ2v) is 8.63. The van der Waals surface area contributed by atoms with Crippen LogP contribution in [0.2, 0.25) is 5.02 Å². The van der Waals surface area contributed by atoms with Gasteiger partial charge in [0.25, 0.3) is 0 Å². The highest BCUT2D eigenvalue weighted by molar-refractivity contribution is 6.30. The summed E-state index contributed by atoms with van der Waals surface area (Å²) in [6, 6.07) is 13.2. The largest absolute Gasteiger partial charge is 0.497 e. The van der Waals surface area contributed by atoms with Crippen molar-refractivity contribution in [3.05, 3.63) is 59.1 Å². The molecule has 0 radical (unpaired) electrons. The smallest absolute Gasteiger partial charge is 0.248 e. The summed E-state index contributed by atoms with van der Waals surface area (Å²) in [6.07, 6.45) is 4.27. The van der Waals surface area contributed by atoms with Gasteiger partial charge in [-0.25, -0.2) is 0 Å². The Kier molecular flexibility index (Phi) is 8.22. The highest BCUT2D eigenvalue weighted by Gasteiger charge is 2.34. The number of hydrogen-bond donors (Lipinski definition) is 1. The lowest BCUT2D eigenvalue weighted by Gasteiger charge is -2.35. The lowest BCUT2D eigenvalue weighted by molar-refractivity contribution is -0.126. The van der Waals surface area contributed by atoms with Crippen LogP contribution in [0, 0.1) is 5.92 Å². The van der Waals surface area contributed by atoms with Crippen LogP contribution < -0.4 is 15.0 Å². The minimum absolute atomic E-state index is 0.0781. The number of benzene rings is 2. The number of carbonyl (C=O) groups is 2. The first-order valence-electron chi connectivity index (χ1n) is 10.5. The van der Waals surface area contributed by atoms with Crippen molar-refractivity contribution in [3.63, 3.8) is 0 Å². The van der Waals surface area contributed by atoms with E-state index < -0.39 is 6.04 Å². The molecule has 3 atom stereocenters. The number of rotatable bonds is 7. The molecular formula is C24H28Cl2N2O3. The molecule has 0 unspecified atom stereocenters. The van der Waals surface area contributed by atoms with Crippen molar-refractivity contribution in [2.45, 2.75) is 44.7 Å². The third kappa shape index (κ3) is 5.72. The van der Waals surface area contributed by atoms with E-state index in [0.717, 1.165) is 19.3 Å². The molecule has 0 aliphatic heterocycles. The summed E-state index contributed by atoms with van der Waals surface area (Å²) in [6.45, 7) is 2.16. The molecule has 2 aromatic rings. The van der Waals surface area contributed by atoms with Crippen molar-refractivity contribution in [1.29, 1.82) is 0 Å². The summed E-state index contributed by atoms with van der Waals surface area (Å²) in [5, 5.41) is 3.76. The van der Waals surface area contributed by atoms with Crippen LogP contribution in [0.15, 0.2) is 48.5 Å². The Balaban J connectivity index is 2.03. The van der Waals surface area contributed by atoms with Crippen molar-refractivity contribution in [2.75, 3.05) is 17.9 Å². The number of ether oxygens (including phenoxy) is 1.